The van der Waals surface area contributed by atoms with Gasteiger partial charge in [-0.1, -0.05) is 0 Å². The summed E-state index contributed by atoms with van der Waals surface area (Å²) < 4.78 is 12.4. The van der Waals surface area contributed by atoms with E-state index in [1.54, 1.807) is 37.9 Å². The van der Waals surface area contributed by atoms with Gasteiger partial charge in [0.15, 0.2) is 0 Å². The predicted molar refractivity (Wildman–Crippen MR) is 103 cm³/mol. The molecule has 1 N–H and O–H groups in total. The van der Waals surface area contributed by atoms with Crippen LogP contribution in [0, 0.1) is 0 Å². The van der Waals surface area contributed by atoms with Crippen molar-refractivity contribution in [2.24, 2.45) is 7.05 Å². The van der Waals surface area contributed by atoms with E-state index < -0.39 is 0 Å². The van der Waals surface area contributed by atoms with Gasteiger partial charge >= 0.3 is 5.97 Å². The van der Waals surface area contributed by atoms with Crippen molar-refractivity contribution in [3.05, 3.63) is 53.7 Å². The number of ether oxygens (including phenoxy) is 2. The molecule has 0 spiro atoms. The Balaban J connectivity index is 1.98. The molecule has 2 aromatic carbocycles. The van der Waals surface area contributed by atoms with Gasteiger partial charge in [-0.3, -0.25) is 0 Å². The molecule has 0 aliphatic heterocycles. The molecule has 0 bridgehead atoms. The molecule has 0 radical (unpaired) electrons. The first-order chi connectivity index (χ1) is 12.5. The molecule has 3 rings (SSSR count). The van der Waals surface area contributed by atoms with Gasteiger partial charge in [0.05, 0.1) is 19.3 Å². The lowest BCUT2D eigenvalue weighted by Crippen LogP contribution is -2.08. The number of methoxy groups -OCH3 is 1. The summed E-state index contributed by atoms with van der Waals surface area (Å²) in [5.41, 5.74) is 2.27. The maximum atomic E-state index is 12.6. The van der Waals surface area contributed by atoms with Crippen LogP contribution in [0.5, 0.6) is 11.5 Å². The van der Waals surface area contributed by atoms with Gasteiger partial charge in [-0.2, -0.15) is 0 Å². The lowest BCUT2D eigenvalue weighted by molar-refractivity contribution is 0.0527. The first-order valence-electron chi connectivity index (χ1n) is 8.29. The van der Waals surface area contributed by atoms with Crippen LogP contribution in [0.3, 0.4) is 0 Å². The van der Waals surface area contributed by atoms with Crippen molar-refractivity contribution in [1.82, 2.24) is 4.57 Å². The monoisotopic (exact) mass is 371 g/mol. The van der Waals surface area contributed by atoms with Crippen molar-refractivity contribution in [1.29, 1.82) is 0 Å². The normalized spacial score (nSPS) is 10.9. The first kappa shape index (κ1) is 18.2. The van der Waals surface area contributed by atoms with Gasteiger partial charge in [-0.15, -0.1) is 11.8 Å². The number of aromatic nitrogens is 1. The highest BCUT2D eigenvalue weighted by molar-refractivity contribution is 7.98. The van der Waals surface area contributed by atoms with Crippen LogP contribution in [-0.4, -0.2) is 29.4 Å². The van der Waals surface area contributed by atoms with Crippen LogP contribution in [0.4, 0.5) is 0 Å². The smallest absolute Gasteiger partial charge is 0.340 e. The number of phenolic OH excluding ortho intramolecular Hbond substituents is 1. The second kappa shape index (κ2) is 7.74. The molecule has 136 valence electrons. The molecule has 0 fully saturated rings. The Hall–Kier alpha value is -2.60. The number of hydrogen-bond acceptors (Lipinski definition) is 5. The molecule has 0 unspecified atom stereocenters. The number of fused-ring (bicyclic) bond motifs is 1. The molecule has 5 nitrogen and oxygen atoms in total. The largest absolute Gasteiger partial charge is 0.508 e. The van der Waals surface area contributed by atoms with Crippen molar-refractivity contribution in [2.45, 2.75) is 17.6 Å². The molecule has 0 saturated heterocycles. The number of hydrogen-bond donors (Lipinski definition) is 1. The molecule has 0 aliphatic carbocycles. The topological polar surface area (TPSA) is 60.7 Å². The maximum Gasteiger partial charge on any atom is 0.340 e. The number of carbonyl (C=O) groups excluding carboxylic acids is 1. The molecule has 1 heterocycles. The van der Waals surface area contributed by atoms with Crippen LogP contribution >= 0.6 is 11.8 Å². The average molecular weight is 371 g/mol. The fraction of sp³-hybridized carbons (Fsp3) is 0.250. The maximum absolute atomic E-state index is 12.6. The Labute approximate surface area is 156 Å². The highest BCUT2D eigenvalue weighted by Crippen LogP contribution is 2.33. The summed E-state index contributed by atoms with van der Waals surface area (Å²) in [6.07, 6.45) is 0. The highest BCUT2D eigenvalue weighted by atomic mass is 32.2. The minimum Gasteiger partial charge on any atom is -0.508 e. The van der Waals surface area contributed by atoms with E-state index in [4.69, 9.17) is 9.47 Å². The molecular formula is C20H21NO4S. The summed E-state index contributed by atoms with van der Waals surface area (Å²) in [5.74, 6) is 1.17. The fourth-order valence-corrected chi connectivity index (χ4v) is 3.88. The second-order valence-corrected chi connectivity index (χ2v) is 6.82. The van der Waals surface area contributed by atoms with Gasteiger partial charge in [0.2, 0.25) is 0 Å². The third-order valence-electron chi connectivity index (χ3n) is 4.22. The van der Waals surface area contributed by atoms with E-state index in [2.05, 4.69) is 0 Å². The molecule has 3 aromatic rings. The summed E-state index contributed by atoms with van der Waals surface area (Å²) in [6, 6.07) is 12.8. The van der Waals surface area contributed by atoms with Crippen LogP contribution in [0.2, 0.25) is 0 Å². The molecule has 0 aliphatic rings. The Morgan fingerprint density at radius 1 is 1.19 bits per heavy atom. The third-order valence-corrected chi connectivity index (χ3v) is 5.24. The lowest BCUT2D eigenvalue weighted by atomic mass is 10.1. The van der Waals surface area contributed by atoms with E-state index >= 15 is 0 Å². The number of aryl methyl sites for hydroxylation is 1. The number of thioether (sulfide) groups is 1. The van der Waals surface area contributed by atoms with Gasteiger partial charge in [-0.25, -0.2) is 4.79 Å². The highest BCUT2D eigenvalue weighted by Gasteiger charge is 2.22. The van der Waals surface area contributed by atoms with Crippen molar-refractivity contribution in [3.8, 4) is 11.5 Å². The molecule has 26 heavy (non-hydrogen) atoms. The Bertz CT molecular complexity index is 931. The summed E-state index contributed by atoms with van der Waals surface area (Å²) in [5, 5.41) is 10.6. The standard InChI is InChI=1S/C20H21NO4S/c1-4-25-20(23)19-16-11-13(22)5-10-17(16)21(2)18(19)12-26-15-8-6-14(24-3)7-9-15/h5-11,22H,4,12H2,1-3H3. The van der Waals surface area contributed by atoms with Gasteiger partial charge in [0.25, 0.3) is 0 Å². The second-order valence-electron chi connectivity index (χ2n) is 5.77. The number of phenols is 1. The van der Waals surface area contributed by atoms with Crippen LogP contribution in [-0.2, 0) is 17.5 Å². The zero-order valence-electron chi connectivity index (χ0n) is 15.0. The quantitative estimate of drug-likeness (QED) is 0.515. The number of nitrogens with zero attached hydrogens (tertiary/aromatic N) is 1. The Morgan fingerprint density at radius 3 is 2.58 bits per heavy atom. The Morgan fingerprint density at radius 2 is 1.92 bits per heavy atom. The van der Waals surface area contributed by atoms with E-state index in [0.29, 0.717) is 23.3 Å². The number of benzene rings is 2. The van der Waals surface area contributed by atoms with Crippen molar-refractivity contribution in [3.63, 3.8) is 0 Å². The average Bonchev–Trinajstić information content (AvgIpc) is 2.92. The van der Waals surface area contributed by atoms with Crippen LogP contribution in [0.25, 0.3) is 10.9 Å². The zero-order chi connectivity index (χ0) is 18.7. The van der Waals surface area contributed by atoms with Crippen LogP contribution < -0.4 is 4.74 Å². The van der Waals surface area contributed by atoms with Crippen molar-refractivity contribution in [2.75, 3.05) is 13.7 Å². The summed E-state index contributed by atoms with van der Waals surface area (Å²) in [4.78, 5) is 13.6. The van der Waals surface area contributed by atoms with Gasteiger partial charge in [0, 0.05) is 34.3 Å². The van der Waals surface area contributed by atoms with E-state index in [9.17, 15) is 9.90 Å². The van der Waals surface area contributed by atoms with Crippen LogP contribution in [0.1, 0.15) is 23.0 Å². The molecule has 0 saturated carbocycles. The van der Waals surface area contributed by atoms with Gasteiger partial charge in [0.1, 0.15) is 11.5 Å². The summed E-state index contributed by atoms with van der Waals surface area (Å²) in [7, 11) is 3.56. The molecule has 6 heteroatoms. The van der Waals surface area contributed by atoms with E-state index in [1.165, 1.54) is 0 Å². The SMILES string of the molecule is CCOC(=O)c1c(CSc2ccc(OC)cc2)n(C)c2ccc(O)cc12. The molecule has 1 aromatic heterocycles. The fourth-order valence-electron chi connectivity index (χ4n) is 2.91. The third kappa shape index (κ3) is 3.51. The van der Waals surface area contributed by atoms with Gasteiger partial charge < -0.3 is 19.1 Å². The van der Waals surface area contributed by atoms with E-state index in [0.717, 1.165) is 21.9 Å². The van der Waals surface area contributed by atoms with E-state index in [1.807, 2.05) is 41.9 Å². The number of esters is 1. The summed E-state index contributed by atoms with van der Waals surface area (Å²) in [6.45, 7) is 2.09. The Kier molecular flexibility index (Phi) is 5.42. The minimum absolute atomic E-state index is 0.128. The molecule has 0 atom stereocenters. The number of carbonyl (C=O) groups is 1. The van der Waals surface area contributed by atoms with E-state index in [-0.39, 0.29) is 11.7 Å². The number of aromatic hydroxyl groups is 1. The van der Waals surface area contributed by atoms with Crippen molar-refractivity contribution < 1.29 is 19.4 Å². The number of rotatable bonds is 6. The summed E-state index contributed by atoms with van der Waals surface area (Å²) >= 11 is 1.63. The first-order valence-corrected chi connectivity index (χ1v) is 9.28. The van der Waals surface area contributed by atoms with Gasteiger partial charge in [-0.05, 0) is 49.4 Å². The zero-order valence-corrected chi connectivity index (χ0v) is 15.8. The minimum atomic E-state index is -0.367. The molecular weight excluding hydrogens is 350 g/mol. The van der Waals surface area contributed by atoms with Crippen molar-refractivity contribution >= 4 is 28.6 Å². The lowest BCUT2D eigenvalue weighted by Gasteiger charge is -2.08. The molecule has 0 amide bonds. The predicted octanol–water partition coefficient (Wildman–Crippen LogP) is 4.36. The van der Waals surface area contributed by atoms with Crippen LogP contribution in [0.15, 0.2) is 47.4 Å².